The Balaban J connectivity index is 1.55. The van der Waals surface area contributed by atoms with Gasteiger partial charge in [0.1, 0.15) is 5.52 Å². The highest BCUT2D eigenvalue weighted by Gasteiger charge is 2.18. The summed E-state index contributed by atoms with van der Waals surface area (Å²) in [5, 5.41) is 8.73. The van der Waals surface area contributed by atoms with Gasteiger partial charge in [0.2, 0.25) is 0 Å². The van der Waals surface area contributed by atoms with Gasteiger partial charge in [-0.25, -0.2) is 4.68 Å². The van der Waals surface area contributed by atoms with Crippen molar-refractivity contribution in [1.29, 1.82) is 0 Å². The Bertz CT molecular complexity index is 787. The maximum absolute atomic E-state index is 6.29. The van der Waals surface area contributed by atoms with Gasteiger partial charge in [-0.15, -0.1) is 5.10 Å². The van der Waals surface area contributed by atoms with Gasteiger partial charge in [-0.2, -0.15) is 0 Å². The first-order chi connectivity index (χ1) is 17.2. The van der Waals surface area contributed by atoms with Crippen LogP contribution in [0.3, 0.4) is 0 Å². The fourth-order valence-corrected chi connectivity index (χ4v) is 3.68. The van der Waals surface area contributed by atoms with Crippen LogP contribution in [0.5, 0.6) is 0 Å². The van der Waals surface area contributed by atoms with E-state index in [1.165, 1.54) is 0 Å². The second-order valence-corrected chi connectivity index (χ2v) is 8.90. The van der Waals surface area contributed by atoms with Gasteiger partial charge in [-0.3, -0.25) is 4.90 Å². The molecule has 1 aromatic carbocycles. The van der Waals surface area contributed by atoms with E-state index in [1.807, 2.05) is 28.9 Å². The van der Waals surface area contributed by atoms with Gasteiger partial charge in [0.05, 0.1) is 78.2 Å². The van der Waals surface area contributed by atoms with Crippen LogP contribution in [0, 0.1) is 5.92 Å². The van der Waals surface area contributed by atoms with Crippen LogP contribution < -0.4 is 0 Å². The largest absolute Gasteiger partial charge is 0.378 e. The number of ether oxygens (including phenoxy) is 6. The summed E-state index contributed by atoms with van der Waals surface area (Å²) in [5.74, 6) is 0.432. The van der Waals surface area contributed by atoms with Crippen LogP contribution in [-0.4, -0.2) is 112 Å². The smallest absolute Gasteiger partial charge is 0.153 e. The third-order valence-electron chi connectivity index (χ3n) is 5.56. The summed E-state index contributed by atoms with van der Waals surface area (Å²) >= 11 is 0. The molecule has 2 heterocycles. The number of hydrogen-bond acceptors (Lipinski definition) is 9. The molecule has 1 unspecified atom stereocenters. The molecular formula is C25H42N4O6. The van der Waals surface area contributed by atoms with Gasteiger partial charge in [0, 0.05) is 26.1 Å². The highest BCUT2D eigenvalue weighted by molar-refractivity contribution is 5.73. The van der Waals surface area contributed by atoms with E-state index >= 15 is 0 Å². The molecule has 0 amide bonds. The number of rotatable bonds is 7. The molecule has 1 saturated heterocycles. The van der Waals surface area contributed by atoms with E-state index in [1.54, 1.807) is 0 Å². The minimum Gasteiger partial charge on any atom is -0.378 e. The molecule has 0 N–H and O–H groups in total. The van der Waals surface area contributed by atoms with Gasteiger partial charge >= 0.3 is 0 Å². The molecule has 0 spiro atoms. The lowest BCUT2D eigenvalue weighted by atomic mass is 10.2. The summed E-state index contributed by atoms with van der Waals surface area (Å²) in [7, 11) is 0. The fourth-order valence-electron chi connectivity index (χ4n) is 3.68. The first-order valence-corrected chi connectivity index (χ1v) is 12.8. The predicted molar refractivity (Wildman–Crippen MR) is 133 cm³/mol. The van der Waals surface area contributed by atoms with Crippen LogP contribution in [-0.2, 0) is 28.4 Å². The maximum atomic E-state index is 6.29. The molecule has 3 rings (SSSR count). The van der Waals surface area contributed by atoms with Gasteiger partial charge < -0.3 is 28.4 Å². The average molecular weight is 495 g/mol. The molecule has 1 fully saturated rings. The average Bonchev–Trinajstić information content (AvgIpc) is 3.28. The summed E-state index contributed by atoms with van der Waals surface area (Å²) in [5.41, 5.74) is 1.86. The van der Waals surface area contributed by atoms with E-state index in [-0.39, 0.29) is 6.23 Å². The Morgan fingerprint density at radius 2 is 1.34 bits per heavy atom. The van der Waals surface area contributed by atoms with Crippen molar-refractivity contribution in [2.24, 2.45) is 5.92 Å². The number of para-hydroxylation sites is 1. The van der Waals surface area contributed by atoms with Crippen LogP contribution in [0.15, 0.2) is 24.3 Å². The maximum Gasteiger partial charge on any atom is 0.153 e. The third-order valence-corrected chi connectivity index (χ3v) is 5.56. The standard InChI is InChI=1S/C25H42N4O6/c1-22(2)21-35-25(29-24-6-4-3-5-23(24)26-27-29)7-8-28-9-11-30-13-15-32-17-19-34-20-18-33-16-14-31-12-10-28/h3-6,22,25H,7-21H2,1-2H3. The zero-order valence-electron chi connectivity index (χ0n) is 21.3. The summed E-state index contributed by atoms with van der Waals surface area (Å²) < 4.78 is 36.4. The molecule has 35 heavy (non-hydrogen) atoms. The van der Waals surface area contributed by atoms with Gasteiger partial charge in [-0.05, 0) is 18.1 Å². The zero-order valence-corrected chi connectivity index (χ0v) is 21.3. The van der Waals surface area contributed by atoms with E-state index in [0.29, 0.717) is 78.6 Å². The van der Waals surface area contributed by atoms with Crippen LogP contribution >= 0.6 is 0 Å². The molecule has 0 aliphatic carbocycles. The van der Waals surface area contributed by atoms with E-state index in [9.17, 15) is 0 Å². The molecule has 10 heteroatoms. The molecule has 1 aliphatic rings. The Hall–Kier alpha value is -1.66. The van der Waals surface area contributed by atoms with Crippen molar-refractivity contribution in [3.05, 3.63) is 24.3 Å². The zero-order chi connectivity index (χ0) is 24.6. The van der Waals surface area contributed by atoms with Crippen LogP contribution in [0.4, 0.5) is 0 Å². The predicted octanol–water partition coefficient (Wildman–Crippen LogP) is 2.39. The molecule has 1 aliphatic heterocycles. The van der Waals surface area contributed by atoms with E-state index in [4.69, 9.17) is 28.4 Å². The molecule has 198 valence electrons. The number of hydrogen-bond donors (Lipinski definition) is 0. The monoisotopic (exact) mass is 494 g/mol. The van der Waals surface area contributed by atoms with Crippen molar-refractivity contribution in [1.82, 2.24) is 19.9 Å². The van der Waals surface area contributed by atoms with Crippen molar-refractivity contribution in [3.8, 4) is 0 Å². The summed E-state index contributed by atoms with van der Waals surface area (Å²) in [6.45, 7) is 13.2. The second-order valence-electron chi connectivity index (χ2n) is 8.90. The van der Waals surface area contributed by atoms with Crippen molar-refractivity contribution in [3.63, 3.8) is 0 Å². The fraction of sp³-hybridized carbons (Fsp3) is 0.760. The first-order valence-electron chi connectivity index (χ1n) is 12.8. The lowest BCUT2D eigenvalue weighted by Crippen LogP contribution is -2.34. The van der Waals surface area contributed by atoms with Crippen molar-refractivity contribution in [2.75, 3.05) is 92.3 Å². The quantitative estimate of drug-likeness (QED) is 0.576. The lowest BCUT2D eigenvalue weighted by Gasteiger charge is -2.26. The Kier molecular flexibility index (Phi) is 13.5. The van der Waals surface area contributed by atoms with Gasteiger partial charge in [0.15, 0.2) is 6.23 Å². The Morgan fingerprint density at radius 3 is 1.91 bits per heavy atom. The van der Waals surface area contributed by atoms with E-state index in [0.717, 1.165) is 37.1 Å². The number of fused-ring (bicyclic) bond motifs is 1. The third kappa shape index (κ3) is 10.9. The minimum absolute atomic E-state index is 0.191. The summed E-state index contributed by atoms with van der Waals surface area (Å²) in [6, 6.07) is 7.99. The van der Waals surface area contributed by atoms with Gasteiger partial charge in [-0.1, -0.05) is 31.2 Å². The van der Waals surface area contributed by atoms with Crippen molar-refractivity contribution < 1.29 is 28.4 Å². The summed E-state index contributed by atoms with van der Waals surface area (Å²) in [6.07, 6.45) is 0.593. The molecule has 0 radical (unpaired) electrons. The van der Waals surface area contributed by atoms with Crippen molar-refractivity contribution in [2.45, 2.75) is 26.5 Å². The number of nitrogens with zero attached hydrogens (tertiary/aromatic N) is 4. The minimum atomic E-state index is -0.191. The topological polar surface area (TPSA) is 89.3 Å². The Morgan fingerprint density at radius 1 is 0.800 bits per heavy atom. The summed E-state index contributed by atoms with van der Waals surface area (Å²) in [4.78, 5) is 2.35. The first kappa shape index (κ1) is 27.9. The number of benzene rings is 1. The molecule has 10 nitrogen and oxygen atoms in total. The van der Waals surface area contributed by atoms with Crippen molar-refractivity contribution >= 4 is 11.0 Å². The van der Waals surface area contributed by atoms with Crippen LogP contribution in [0.25, 0.3) is 11.0 Å². The molecule has 1 aromatic heterocycles. The normalized spacial score (nSPS) is 20.0. The van der Waals surface area contributed by atoms with Gasteiger partial charge in [0.25, 0.3) is 0 Å². The number of aromatic nitrogens is 3. The van der Waals surface area contributed by atoms with Crippen LogP contribution in [0.1, 0.15) is 26.5 Å². The second kappa shape index (κ2) is 16.9. The lowest BCUT2D eigenvalue weighted by molar-refractivity contribution is -0.0346. The molecule has 0 saturated carbocycles. The molecule has 1 atom stereocenters. The molecular weight excluding hydrogens is 452 g/mol. The molecule has 2 aromatic rings. The van der Waals surface area contributed by atoms with E-state index < -0.39 is 0 Å². The Labute approximate surface area is 208 Å². The SMILES string of the molecule is CC(C)COC(CCN1CCOCCOCCOCCOCCOCC1)n1nnc2ccccc21. The molecule has 0 bridgehead atoms. The van der Waals surface area contributed by atoms with Crippen LogP contribution in [0.2, 0.25) is 0 Å². The highest BCUT2D eigenvalue weighted by Crippen LogP contribution is 2.20. The highest BCUT2D eigenvalue weighted by atomic mass is 16.6. The van der Waals surface area contributed by atoms with E-state index in [2.05, 4.69) is 29.1 Å².